The van der Waals surface area contributed by atoms with E-state index in [-0.39, 0.29) is 11.6 Å². The number of thioether (sulfide) groups is 1. The number of carbonyl (C=O) groups is 1. The Hall–Kier alpha value is -3.40. The molecule has 0 aliphatic rings. The number of anilines is 1. The van der Waals surface area contributed by atoms with Gasteiger partial charge in [0.25, 0.3) is 5.69 Å². The number of amides is 1. The number of aryl methyl sites for hydroxylation is 1. The van der Waals surface area contributed by atoms with Crippen molar-refractivity contribution < 1.29 is 14.5 Å². The number of rotatable bonds is 7. The highest BCUT2D eigenvalue weighted by molar-refractivity contribution is 8.00. The minimum atomic E-state index is -0.505. The van der Waals surface area contributed by atoms with Gasteiger partial charge in [0.1, 0.15) is 5.75 Å². The van der Waals surface area contributed by atoms with Gasteiger partial charge in [-0.1, -0.05) is 17.8 Å². The Kier molecular flexibility index (Phi) is 6.13. The van der Waals surface area contributed by atoms with Crippen LogP contribution in [0.1, 0.15) is 12.5 Å². The molecular weight excluding hydrogens is 394 g/mol. The molecule has 10 heteroatoms. The van der Waals surface area contributed by atoms with Crippen molar-refractivity contribution in [1.82, 2.24) is 15.2 Å². The van der Waals surface area contributed by atoms with Gasteiger partial charge in [0.2, 0.25) is 11.1 Å². The summed E-state index contributed by atoms with van der Waals surface area (Å²) in [5.41, 5.74) is 1.70. The number of nitrogens with one attached hydrogen (secondary N) is 2. The zero-order valence-corrected chi connectivity index (χ0v) is 16.8. The number of benzene rings is 2. The standard InChI is InChI=1S/C19H19N5O4S/c1-11-4-7-14(10-16(11)24(26)27)20-18(25)12(2)29-19-21-17(22-23-19)13-5-8-15(28-3)9-6-13/h4-10,12H,1-3H3,(H,20,25)(H,21,22,23)/t12-/m1/s1. The number of aromatic amines is 1. The van der Waals surface area contributed by atoms with Gasteiger partial charge in [0.05, 0.1) is 17.3 Å². The molecule has 0 bridgehead atoms. The lowest BCUT2D eigenvalue weighted by Crippen LogP contribution is -2.22. The number of hydrogen-bond acceptors (Lipinski definition) is 7. The van der Waals surface area contributed by atoms with Crippen LogP contribution < -0.4 is 10.1 Å². The maximum Gasteiger partial charge on any atom is 0.274 e. The molecule has 0 spiro atoms. The molecule has 1 aromatic heterocycles. The number of nitrogens with zero attached hydrogens (tertiary/aromatic N) is 3. The third kappa shape index (κ3) is 4.91. The number of H-pyrrole nitrogens is 1. The van der Waals surface area contributed by atoms with Gasteiger partial charge in [-0.2, -0.15) is 0 Å². The van der Waals surface area contributed by atoms with Crippen molar-refractivity contribution in [2.24, 2.45) is 0 Å². The maximum absolute atomic E-state index is 12.4. The van der Waals surface area contributed by atoms with E-state index in [1.54, 1.807) is 33.1 Å². The lowest BCUT2D eigenvalue weighted by atomic mass is 10.2. The van der Waals surface area contributed by atoms with Crippen molar-refractivity contribution in [3.05, 3.63) is 58.1 Å². The Bertz CT molecular complexity index is 1040. The summed E-state index contributed by atoms with van der Waals surface area (Å²) in [7, 11) is 1.60. The van der Waals surface area contributed by atoms with Crippen LogP contribution in [0, 0.1) is 17.0 Å². The second-order valence-corrected chi connectivity index (χ2v) is 7.51. The molecule has 1 heterocycles. The van der Waals surface area contributed by atoms with Gasteiger partial charge in [-0.3, -0.25) is 20.0 Å². The number of hydrogen-bond donors (Lipinski definition) is 2. The minimum Gasteiger partial charge on any atom is -0.497 e. The van der Waals surface area contributed by atoms with E-state index in [2.05, 4.69) is 20.5 Å². The van der Waals surface area contributed by atoms with Gasteiger partial charge in [-0.15, -0.1) is 5.10 Å². The van der Waals surface area contributed by atoms with Crippen LogP contribution in [0.3, 0.4) is 0 Å². The summed E-state index contributed by atoms with van der Waals surface area (Å²) in [6.45, 7) is 3.36. The van der Waals surface area contributed by atoms with Crippen LogP contribution >= 0.6 is 11.8 Å². The molecule has 0 unspecified atom stereocenters. The summed E-state index contributed by atoms with van der Waals surface area (Å²) < 4.78 is 5.13. The van der Waals surface area contributed by atoms with E-state index in [1.807, 2.05) is 24.3 Å². The first-order valence-electron chi connectivity index (χ1n) is 8.66. The number of aromatic nitrogens is 3. The molecule has 1 atom stereocenters. The van der Waals surface area contributed by atoms with Crippen LogP contribution in [0.4, 0.5) is 11.4 Å². The SMILES string of the molecule is COc1ccc(-c2nc(S[C@H](C)C(=O)Nc3ccc(C)c([N+](=O)[O-])c3)n[nH]2)cc1. The third-order valence-corrected chi connectivity index (χ3v) is 5.11. The molecule has 150 valence electrons. The van der Waals surface area contributed by atoms with E-state index >= 15 is 0 Å². The third-order valence-electron chi connectivity index (χ3n) is 4.15. The Balaban J connectivity index is 1.65. The number of carbonyl (C=O) groups excluding carboxylic acids is 1. The maximum atomic E-state index is 12.4. The van der Waals surface area contributed by atoms with Crippen molar-refractivity contribution in [2.75, 3.05) is 12.4 Å². The molecule has 0 fully saturated rings. The quantitative estimate of drug-likeness (QED) is 0.343. The van der Waals surface area contributed by atoms with Crippen LogP contribution in [0.2, 0.25) is 0 Å². The highest BCUT2D eigenvalue weighted by Crippen LogP contribution is 2.26. The first kappa shape index (κ1) is 20.3. The predicted molar refractivity (Wildman–Crippen MR) is 110 cm³/mol. The van der Waals surface area contributed by atoms with E-state index in [0.717, 1.165) is 11.3 Å². The fourth-order valence-corrected chi connectivity index (χ4v) is 3.24. The van der Waals surface area contributed by atoms with E-state index in [0.29, 0.717) is 22.2 Å². The summed E-state index contributed by atoms with van der Waals surface area (Å²) in [6, 6.07) is 11.9. The van der Waals surface area contributed by atoms with Crippen molar-refractivity contribution >= 4 is 29.0 Å². The monoisotopic (exact) mass is 413 g/mol. The van der Waals surface area contributed by atoms with Gasteiger partial charge in [-0.25, -0.2) is 4.98 Å². The molecular formula is C19H19N5O4S. The van der Waals surface area contributed by atoms with E-state index in [1.165, 1.54) is 17.8 Å². The minimum absolute atomic E-state index is 0.0405. The van der Waals surface area contributed by atoms with E-state index in [4.69, 9.17) is 4.74 Å². The van der Waals surface area contributed by atoms with Crippen molar-refractivity contribution in [3.63, 3.8) is 0 Å². The molecule has 3 rings (SSSR count). The Labute approximate surface area is 171 Å². The zero-order valence-electron chi connectivity index (χ0n) is 16.0. The second kappa shape index (κ2) is 8.74. The molecule has 0 saturated heterocycles. The van der Waals surface area contributed by atoms with Crippen molar-refractivity contribution in [3.8, 4) is 17.1 Å². The molecule has 0 radical (unpaired) electrons. The first-order chi connectivity index (χ1) is 13.9. The summed E-state index contributed by atoms with van der Waals surface area (Å²) in [4.78, 5) is 27.4. The fraction of sp³-hybridized carbons (Fsp3) is 0.211. The molecule has 2 aromatic carbocycles. The summed E-state index contributed by atoms with van der Waals surface area (Å²) in [5, 5.41) is 20.7. The highest BCUT2D eigenvalue weighted by Gasteiger charge is 2.19. The van der Waals surface area contributed by atoms with E-state index < -0.39 is 10.2 Å². The van der Waals surface area contributed by atoms with Gasteiger partial charge >= 0.3 is 0 Å². The number of ether oxygens (including phenoxy) is 1. The smallest absolute Gasteiger partial charge is 0.274 e. The largest absolute Gasteiger partial charge is 0.497 e. The Morgan fingerprint density at radius 2 is 2.00 bits per heavy atom. The van der Waals surface area contributed by atoms with Crippen LogP contribution in [0.25, 0.3) is 11.4 Å². The number of nitro benzene ring substituents is 1. The lowest BCUT2D eigenvalue weighted by molar-refractivity contribution is -0.385. The predicted octanol–water partition coefficient (Wildman–Crippen LogP) is 3.82. The highest BCUT2D eigenvalue weighted by atomic mass is 32.2. The Morgan fingerprint density at radius 3 is 2.66 bits per heavy atom. The van der Waals surface area contributed by atoms with Gasteiger partial charge in [0.15, 0.2) is 5.82 Å². The first-order valence-corrected chi connectivity index (χ1v) is 9.54. The van der Waals surface area contributed by atoms with Crippen molar-refractivity contribution in [2.45, 2.75) is 24.3 Å². The van der Waals surface area contributed by atoms with Gasteiger partial charge < -0.3 is 10.1 Å². The lowest BCUT2D eigenvalue weighted by Gasteiger charge is -2.10. The van der Waals surface area contributed by atoms with Crippen LogP contribution in [0.5, 0.6) is 5.75 Å². The van der Waals surface area contributed by atoms with Gasteiger partial charge in [-0.05, 0) is 44.2 Å². The summed E-state index contributed by atoms with van der Waals surface area (Å²) >= 11 is 1.18. The molecule has 9 nitrogen and oxygen atoms in total. The zero-order chi connectivity index (χ0) is 21.0. The van der Waals surface area contributed by atoms with Crippen LogP contribution in [0.15, 0.2) is 47.6 Å². The number of methoxy groups -OCH3 is 1. The molecule has 2 N–H and O–H groups in total. The molecule has 3 aromatic rings. The molecule has 0 aliphatic heterocycles. The number of nitro groups is 1. The molecule has 0 aliphatic carbocycles. The van der Waals surface area contributed by atoms with Crippen LogP contribution in [-0.4, -0.2) is 38.4 Å². The fourth-order valence-electron chi connectivity index (χ4n) is 2.52. The molecule has 0 saturated carbocycles. The van der Waals surface area contributed by atoms with Crippen molar-refractivity contribution in [1.29, 1.82) is 0 Å². The second-order valence-electron chi connectivity index (χ2n) is 6.20. The average molecular weight is 413 g/mol. The molecule has 29 heavy (non-hydrogen) atoms. The summed E-state index contributed by atoms with van der Waals surface area (Å²) in [5.74, 6) is 1.02. The topological polar surface area (TPSA) is 123 Å². The molecule has 1 amide bonds. The van der Waals surface area contributed by atoms with Crippen LogP contribution in [-0.2, 0) is 4.79 Å². The summed E-state index contributed by atoms with van der Waals surface area (Å²) in [6.07, 6.45) is 0. The normalized spacial score (nSPS) is 11.7. The van der Waals surface area contributed by atoms with E-state index in [9.17, 15) is 14.9 Å². The average Bonchev–Trinajstić information content (AvgIpc) is 3.17. The Morgan fingerprint density at radius 1 is 1.28 bits per heavy atom. The van der Waals surface area contributed by atoms with Gasteiger partial charge in [0, 0.05) is 22.9 Å².